The molecule has 0 aromatic heterocycles. The molecule has 2 aliphatic heterocycles. The molecule has 15 heteroatoms. The molecular weight excluding hydrogens is 585 g/mol. The number of carboxylic acids is 2. The number of thiocarbonyl (C=S) groups is 1. The maximum absolute atomic E-state index is 13.6. The van der Waals surface area contributed by atoms with Gasteiger partial charge in [0.15, 0.2) is 5.11 Å². The highest BCUT2D eigenvalue weighted by Gasteiger charge is 2.40. The number of carbonyl (C=O) groups is 4. The lowest BCUT2D eigenvalue weighted by atomic mass is 10.0. The van der Waals surface area contributed by atoms with Crippen molar-refractivity contribution in [3.63, 3.8) is 0 Å². The summed E-state index contributed by atoms with van der Waals surface area (Å²) in [5, 5.41) is 24.2. The largest absolute Gasteiger partial charge is 0.481 e. The van der Waals surface area contributed by atoms with Crippen molar-refractivity contribution in [2.75, 3.05) is 46.4 Å². The lowest BCUT2D eigenvalue weighted by Crippen LogP contribution is -2.66. The number of carbonyl (C=O) groups excluding carboxylic acids is 2. The van der Waals surface area contributed by atoms with Gasteiger partial charge in [-0.1, -0.05) is 29.3 Å². The summed E-state index contributed by atoms with van der Waals surface area (Å²) >= 11 is 17.4. The first kappa shape index (κ1) is 31.7. The van der Waals surface area contributed by atoms with Crippen LogP contribution in [0.5, 0.6) is 0 Å². The maximum Gasteiger partial charge on any atom is 0.409 e. The highest BCUT2D eigenvalue weighted by molar-refractivity contribution is 7.80. The van der Waals surface area contributed by atoms with Crippen LogP contribution in [0.15, 0.2) is 18.2 Å². The molecule has 0 aliphatic carbocycles. The fourth-order valence-electron chi connectivity index (χ4n) is 4.91. The van der Waals surface area contributed by atoms with E-state index >= 15 is 0 Å². The molecule has 2 amide bonds. The zero-order valence-electron chi connectivity index (χ0n) is 22.0. The van der Waals surface area contributed by atoms with Gasteiger partial charge in [0.1, 0.15) is 6.04 Å². The van der Waals surface area contributed by atoms with Gasteiger partial charge >= 0.3 is 18.0 Å². The molecule has 1 aromatic carbocycles. The molecule has 0 unspecified atom stereocenters. The van der Waals surface area contributed by atoms with Gasteiger partial charge in [0, 0.05) is 26.2 Å². The van der Waals surface area contributed by atoms with Gasteiger partial charge in [0.2, 0.25) is 5.91 Å². The van der Waals surface area contributed by atoms with Crippen molar-refractivity contribution in [3.05, 3.63) is 33.8 Å². The van der Waals surface area contributed by atoms with E-state index in [0.717, 1.165) is 25.9 Å². The number of nitrogens with one attached hydrogen (secondary N) is 2. The summed E-state index contributed by atoms with van der Waals surface area (Å²) in [7, 11) is 1.28. The van der Waals surface area contributed by atoms with Gasteiger partial charge < -0.3 is 35.4 Å². The van der Waals surface area contributed by atoms with Crippen LogP contribution in [0.3, 0.4) is 0 Å². The number of methoxy groups -OCH3 is 1. The van der Waals surface area contributed by atoms with Crippen LogP contribution in [0.1, 0.15) is 24.8 Å². The zero-order chi connectivity index (χ0) is 29.4. The summed E-state index contributed by atoms with van der Waals surface area (Å²) in [5.41, 5.74) is 0.702. The van der Waals surface area contributed by atoms with E-state index < -0.39 is 36.5 Å². The number of rotatable bonds is 10. The van der Waals surface area contributed by atoms with E-state index in [1.807, 2.05) is 0 Å². The van der Waals surface area contributed by atoms with E-state index in [9.17, 15) is 24.3 Å². The quantitative estimate of drug-likeness (QED) is 0.284. The topological polar surface area (TPSA) is 152 Å². The Hall–Kier alpha value is -2.87. The monoisotopic (exact) mass is 617 g/mol. The summed E-state index contributed by atoms with van der Waals surface area (Å²) in [6.07, 6.45) is 0.982. The van der Waals surface area contributed by atoms with Gasteiger partial charge in [-0.3, -0.25) is 14.5 Å². The summed E-state index contributed by atoms with van der Waals surface area (Å²) in [6, 6.07) is 2.74. The van der Waals surface area contributed by atoms with E-state index in [1.165, 1.54) is 12.0 Å². The molecule has 0 spiro atoms. The number of hydrogen-bond donors (Lipinski definition) is 4. The Morgan fingerprint density at radius 2 is 1.75 bits per heavy atom. The average Bonchev–Trinajstić information content (AvgIpc) is 3.41. The first-order valence-corrected chi connectivity index (χ1v) is 13.9. The van der Waals surface area contributed by atoms with Crippen molar-refractivity contribution < 1.29 is 34.1 Å². The molecule has 0 radical (unpaired) electrons. The minimum absolute atomic E-state index is 0.0628. The molecule has 2 saturated heterocycles. The van der Waals surface area contributed by atoms with E-state index in [4.69, 9.17) is 45.3 Å². The normalized spacial score (nSPS) is 20.1. The standard InChI is InChI=1S/C25H33Cl2N5O7S/c1-39-25(38)32-14-17(12-30-6-2-3-7-30)31(21(33)9-15-4-5-18(26)19(27)8-15)13-16(32)11-28-24(40)29-20(23(36)37)10-22(34)35/h4-5,8,16-17,20H,2-3,6-7,9-14H2,1H3,(H,34,35)(H,36,37)(H2,28,29,40)/t16-,17+,20-/m0/s1. The fourth-order valence-corrected chi connectivity index (χ4v) is 5.46. The number of benzene rings is 1. The summed E-state index contributed by atoms with van der Waals surface area (Å²) in [6.45, 7) is 2.87. The first-order chi connectivity index (χ1) is 19.0. The first-order valence-electron chi connectivity index (χ1n) is 12.8. The SMILES string of the molecule is COC(=O)N1C[C@@H](CN2CCCC2)N(C(=O)Cc2ccc(Cl)c(Cl)c2)C[C@@H]1CNC(=S)N[C@@H](CC(=O)O)C(=O)O. The highest BCUT2D eigenvalue weighted by Crippen LogP contribution is 2.25. The Labute approximate surface area is 247 Å². The number of likely N-dealkylation sites (tertiary alicyclic amines) is 1. The summed E-state index contributed by atoms with van der Waals surface area (Å²) in [5.74, 6) is -2.82. The van der Waals surface area contributed by atoms with Gasteiger partial charge in [-0.2, -0.15) is 0 Å². The molecule has 12 nitrogen and oxygen atoms in total. The Kier molecular flexibility index (Phi) is 11.6. The lowest BCUT2D eigenvalue weighted by Gasteiger charge is -2.46. The van der Waals surface area contributed by atoms with Crippen molar-refractivity contribution in [1.82, 2.24) is 25.3 Å². The third-order valence-corrected chi connectivity index (χ3v) is 7.91. The molecular formula is C25H33Cl2N5O7S. The molecule has 220 valence electrons. The van der Waals surface area contributed by atoms with E-state index in [1.54, 1.807) is 23.1 Å². The van der Waals surface area contributed by atoms with Crippen molar-refractivity contribution in [2.45, 2.75) is 43.8 Å². The second-order valence-corrected chi connectivity index (χ2v) is 11.0. The zero-order valence-corrected chi connectivity index (χ0v) is 24.3. The fraction of sp³-hybridized carbons (Fsp3) is 0.560. The molecule has 0 saturated carbocycles. The van der Waals surface area contributed by atoms with Crippen LogP contribution in [0.4, 0.5) is 4.79 Å². The minimum atomic E-state index is -1.44. The lowest BCUT2D eigenvalue weighted by molar-refractivity contribution is -0.145. The number of ether oxygens (including phenoxy) is 1. The number of nitrogens with zero attached hydrogens (tertiary/aromatic N) is 3. The molecule has 2 heterocycles. The summed E-state index contributed by atoms with van der Waals surface area (Å²) in [4.78, 5) is 54.3. The smallest absolute Gasteiger partial charge is 0.409 e. The van der Waals surface area contributed by atoms with Gasteiger partial charge in [-0.15, -0.1) is 0 Å². The molecule has 0 bridgehead atoms. The molecule has 3 atom stereocenters. The summed E-state index contributed by atoms with van der Waals surface area (Å²) < 4.78 is 5.02. The highest BCUT2D eigenvalue weighted by atomic mass is 35.5. The van der Waals surface area contributed by atoms with Crippen LogP contribution in [0.25, 0.3) is 0 Å². The maximum atomic E-state index is 13.6. The van der Waals surface area contributed by atoms with Gasteiger partial charge in [-0.25, -0.2) is 9.59 Å². The van der Waals surface area contributed by atoms with Gasteiger partial charge in [0.25, 0.3) is 0 Å². The van der Waals surface area contributed by atoms with Crippen molar-refractivity contribution >= 4 is 64.5 Å². The third-order valence-electron chi connectivity index (χ3n) is 6.91. The van der Waals surface area contributed by atoms with Gasteiger partial charge in [0.05, 0.1) is 42.1 Å². The Bertz CT molecular complexity index is 1120. The Morgan fingerprint density at radius 1 is 1.07 bits per heavy atom. The molecule has 2 aliphatic rings. The Morgan fingerprint density at radius 3 is 2.35 bits per heavy atom. The molecule has 1 aromatic rings. The Balaban J connectivity index is 1.77. The third kappa shape index (κ3) is 8.82. The van der Waals surface area contributed by atoms with Gasteiger partial charge in [-0.05, 0) is 55.8 Å². The van der Waals surface area contributed by atoms with Crippen molar-refractivity contribution in [2.24, 2.45) is 0 Å². The molecule has 2 fully saturated rings. The van der Waals surface area contributed by atoms with Crippen LogP contribution in [0.2, 0.25) is 10.0 Å². The van der Waals surface area contributed by atoms with Crippen LogP contribution in [-0.2, 0) is 25.5 Å². The number of piperazine rings is 1. The predicted molar refractivity (Wildman–Crippen MR) is 152 cm³/mol. The van der Waals surface area contributed by atoms with Crippen LogP contribution in [0, 0.1) is 0 Å². The van der Waals surface area contributed by atoms with E-state index in [2.05, 4.69) is 15.5 Å². The van der Waals surface area contributed by atoms with Crippen LogP contribution < -0.4 is 10.6 Å². The van der Waals surface area contributed by atoms with E-state index in [0.29, 0.717) is 22.2 Å². The minimum Gasteiger partial charge on any atom is -0.481 e. The number of aliphatic carboxylic acids is 2. The average molecular weight is 619 g/mol. The van der Waals surface area contributed by atoms with E-state index in [-0.39, 0.29) is 43.1 Å². The van der Waals surface area contributed by atoms with Crippen molar-refractivity contribution in [1.29, 1.82) is 0 Å². The number of carboxylic acid groups (broad SMARTS) is 2. The van der Waals surface area contributed by atoms with Crippen molar-refractivity contribution in [3.8, 4) is 0 Å². The number of hydrogen-bond acceptors (Lipinski definition) is 7. The second kappa shape index (κ2) is 14.7. The number of amides is 2. The predicted octanol–water partition coefficient (Wildman–Crippen LogP) is 1.67. The number of halogens is 2. The molecule has 40 heavy (non-hydrogen) atoms. The molecule has 4 N–H and O–H groups in total. The van der Waals surface area contributed by atoms with Crippen LogP contribution in [-0.4, -0.2) is 118 Å². The van der Waals surface area contributed by atoms with Crippen LogP contribution >= 0.6 is 35.4 Å². The second-order valence-electron chi connectivity index (χ2n) is 9.75. The molecule has 3 rings (SSSR count).